The normalized spacial score (nSPS) is 19.6. The molecule has 1 aliphatic rings. The highest BCUT2D eigenvalue weighted by atomic mass is 15.2. The summed E-state index contributed by atoms with van der Waals surface area (Å²) < 4.78 is 0. The molecule has 1 fully saturated rings. The molecule has 18 heavy (non-hydrogen) atoms. The lowest BCUT2D eigenvalue weighted by molar-refractivity contribution is 0.568. The van der Waals surface area contributed by atoms with E-state index in [1.54, 1.807) is 0 Å². The van der Waals surface area contributed by atoms with Crippen molar-refractivity contribution in [3.8, 4) is 0 Å². The Hall–Kier alpha value is -1.09. The summed E-state index contributed by atoms with van der Waals surface area (Å²) in [5, 5.41) is 3.27. The van der Waals surface area contributed by atoms with Crippen LogP contribution in [0.3, 0.4) is 0 Å². The van der Waals surface area contributed by atoms with Gasteiger partial charge in [-0.05, 0) is 44.9 Å². The van der Waals surface area contributed by atoms with E-state index in [4.69, 9.17) is 4.98 Å². The van der Waals surface area contributed by atoms with Crippen molar-refractivity contribution in [2.75, 3.05) is 25.0 Å². The fraction of sp³-hybridized carbons (Fsp3) is 0.667. The first-order valence-corrected chi connectivity index (χ1v) is 7.02. The molecule has 3 nitrogen and oxygen atoms in total. The molecule has 100 valence electrons. The maximum absolute atomic E-state index is 4.79. The molecule has 1 aromatic heterocycles. The molecular weight excluding hydrogens is 222 g/mol. The number of nitrogens with one attached hydrogen (secondary N) is 1. The number of hydrogen-bond donors (Lipinski definition) is 1. The van der Waals surface area contributed by atoms with Gasteiger partial charge in [0, 0.05) is 30.9 Å². The number of hydrogen-bond acceptors (Lipinski definition) is 3. The SMILES string of the molecule is CCC1CCN(c2nc(C)cc(C)c2CNC)C1. The zero-order chi connectivity index (χ0) is 13.1. The van der Waals surface area contributed by atoms with Crippen molar-refractivity contribution in [3.63, 3.8) is 0 Å². The molecule has 0 bridgehead atoms. The summed E-state index contributed by atoms with van der Waals surface area (Å²) >= 11 is 0. The quantitative estimate of drug-likeness (QED) is 0.886. The van der Waals surface area contributed by atoms with Gasteiger partial charge in [-0.2, -0.15) is 0 Å². The Morgan fingerprint density at radius 1 is 1.44 bits per heavy atom. The van der Waals surface area contributed by atoms with Crippen molar-refractivity contribution in [3.05, 3.63) is 22.9 Å². The summed E-state index contributed by atoms with van der Waals surface area (Å²) in [4.78, 5) is 7.26. The van der Waals surface area contributed by atoms with E-state index < -0.39 is 0 Å². The highest BCUT2D eigenvalue weighted by Crippen LogP contribution is 2.28. The molecule has 0 radical (unpaired) electrons. The lowest BCUT2D eigenvalue weighted by Gasteiger charge is -2.23. The molecule has 0 spiro atoms. The van der Waals surface area contributed by atoms with E-state index in [1.165, 1.54) is 36.3 Å². The summed E-state index contributed by atoms with van der Waals surface area (Å²) in [5.41, 5.74) is 3.84. The smallest absolute Gasteiger partial charge is 0.133 e. The fourth-order valence-corrected chi connectivity index (χ4v) is 2.86. The van der Waals surface area contributed by atoms with Gasteiger partial charge in [0.1, 0.15) is 5.82 Å². The number of anilines is 1. The van der Waals surface area contributed by atoms with Crippen LogP contribution >= 0.6 is 0 Å². The van der Waals surface area contributed by atoms with Crippen LogP contribution in [0.2, 0.25) is 0 Å². The minimum atomic E-state index is 0.843. The molecule has 0 aromatic carbocycles. The van der Waals surface area contributed by atoms with Gasteiger partial charge < -0.3 is 10.2 Å². The van der Waals surface area contributed by atoms with Gasteiger partial charge in [0.2, 0.25) is 0 Å². The molecule has 0 saturated carbocycles. The average molecular weight is 247 g/mol. The third-order valence-corrected chi connectivity index (χ3v) is 3.97. The third kappa shape index (κ3) is 2.66. The van der Waals surface area contributed by atoms with E-state index in [2.05, 4.69) is 37.1 Å². The van der Waals surface area contributed by atoms with Crippen LogP contribution in [0.25, 0.3) is 0 Å². The molecule has 3 heteroatoms. The van der Waals surface area contributed by atoms with Crippen LogP contribution in [0.1, 0.15) is 36.6 Å². The van der Waals surface area contributed by atoms with Crippen LogP contribution in [0.5, 0.6) is 0 Å². The van der Waals surface area contributed by atoms with E-state index in [1.807, 2.05) is 7.05 Å². The molecule has 1 unspecified atom stereocenters. The first-order valence-electron chi connectivity index (χ1n) is 7.02. The van der Waals surface area contributed by atoms with Crippen molar-refractivity contribution < 1.29 is 0 Å². The van der Waals surface area contributed by atoms with Crippen LogP contribution in [0, 0.1) is 19.8 Å². The zero-order valence-corrected chi connectivity index (χ0v) is 12.1. The summed E-state index contributed by atoms with van der Waals surface area (Å²) in [7, 11) is 2.00. The predicted molar refractivity (Wildman–Crippen MR) is 77.1 cm³/mol. The van der Waals surface area contributed by atoms with Gasteiger partial charge in [-0.25, -0.2) is 4.98 Å². The van der Waals surface area contributed by atoms with Gasteiger partial charge in [0.05, 0.1) is 0 Å². The van der Waals surface area contributed by atoms with E-state index in [9.17, 15) is 0 Å². The molecular formula is C15H25N3. The molecule has 1 atom stereocenters. The monoisotopic (exact) mass is 247 g/mol. The Kier molecular flexibility index (Phi) is 4.23. The zero-order valence-electron chi connectivity index (χ0n) is 12.1. The Balaban J connectivity index is 2.31. The van der Waals surface area contributed by atoms with Crippen molar-refractivity contribution in [1.82, 2.24) is 10.3 Å². The standard InChI is InChI=1S/C15H25N3/c1-5-13-6-7-18(10-13)15-14(9-16-4)11(2)8-12(3)17-15/h8,13,16H,5-7,9-10H2,1-4H3. The summed E-state index contributed by atoms with van der Waals surface area (Å²) in [6, 6.07) is 2.18. The number of aryl methyl sites for hydroxylation is 2. The lowest BCUT2D eigenvalue weighted by Crippen LogP contribution is -2.24. The van der Waals surface area contributed by atoms with Crippen molar-refractivity contribution in [1.29, 1.82) is 0 Å². The van der Waals surface area contributed by atoms with E-state index >= 15 is 0 Å². The van der Waals surface area contributed by atoms with Crippen LogP contribution in [-0.4, -0.2) is 25.1 Å². The van der Waals surface area contributed by atoms with Gasteiger partial charge in [0.15, 0.2) is 0 Å². The van der Waals surface area contributed by atoms with Gasteiger partial charge in [0.25, 0.3) is 0 Å². The second-order valence-electron chi connectivity index (χ2n) is 5.42. The Morgan fingerprint density at radius 3 is 2.83 bits per heavy atom. The number of pyridine rings is 1. The second-order valence-corrected chi connectivity index (χ2v) is 5.42. The first-order chi connectivity index (χ1) is 8.65. The third-order valence-electron chi connectivity index (χ3n) is 3.97. The fourth-order valence-electron chi connectivity index (χ4n) is 2.86. The molecule has 2 rings (SSSR count). The Bertz CT molecular complexity index is 414. The number of nitrogens with zero attached hydrogens (tertiary/aromatic N) is 2. The molecule has 2 heterocycles. The molecule has 1 N–H and O–H groups in total. The van der Waals surface area contributed by atoms with E-state index in [-0.39, 0.29) is 0 Å². The molecule has 0 aliphatic carbocycles. The van der Waals surface area contributed by atoms with Crippen LogP contribution in [-0.2, 0) is 6.54 Å². The van der Waals surface area contributed by atoms with E-state index in [0.29, 0.717) is 0 Å². The second kappa shape index (κ2) is 5.70. The molecule has 1 aromatic rings. The molecule has 0 amide bonds. The van der Waals surface area contributed by atoms with Crippen molar-refractivity contribution in [2.24, 2.45) is 5.92 Å². The minimum Gasteiger partial charge on any atom is -0.356 e. The van der Waals surface area contributed by atoms with Crippen LogP contribution in [0.15, 0.2) is 6.07 Å². The maximum atomic E-state index is 4.79. The Labute approximate surface area is 111 Å². The van der Waals surface area contributed by atoms with Crippen LogP contribution in [0.4, 0.5) is 5.82 Å². The van der Waals surface area contributed by atoms with Gasteiger partial charge in [-0.15, -0.1) is 0 Å². The minimum absolute atomic E-state index is 0.843. The highest BCUT2D eigenvalue weighted by Gasteiger charge is 2.24. The van der Waals surface area contributed by atoms with Gasteiger partial charge in [-0.1, -0.05) is 13.3 Å². The molecule has 1 saturated heterocycles. The predicted octanol–water partition coefficient (Wildman–Crippen LogP) is 2.65. The summed E-state index contributed by atoms with van der Waals surface area (Å²) in [6.45, 7) is 9.80. The van der Waals surface area contributed by atoms with Gasteiger partial charge >= 0.3 is 0 Å². The van der Waals surface area contributed by atoms with Crippen molar-refractivity contribution >= 4 is 5.82 Å². The summed E-state index contributed by atoms with van der Waals surface area (Å²) in [5.74, 6) is 2.05. The Morgan fingerprint density at radius 2 is 2.22 bits per heavy atom. The molecule has 1 aliphatic heterocycles. The van der Waals surface area contributed by atoms with E-state index in [0.717, 1.165) is 24.7 Å². The number of aromatic nitrogens is 1. The lowest BCUT2D eigenvalue weighted by atomic mass is 10.1. The number of rotatable bonds is 4. The topological polar surface area (TPSA) is 28.2 Å². The largest absolute Gasteiger partial charge is 0.356 e. The average Bonchev–Trinajstić information content (AvgIpc) is 2.81. The van der Waals surface area contributed by atoms with Gasteiger partial charge in [-0.3, -0.25) is 0 Å². The van der Waals surface area contributed by atoms with Crippen LogP contribution < -0.4 is 10.2 Å². The summed E-state index contributed by atoms with van der Waals surface area (Å²) in [6.07, 6.45) is 2.59. The maximum Gasteiger partial charge on any atom is 0.133 e. The highest BCUT2D eigenvalue weighted by molar-refractivity contribution is 5.52. The van der Waals surface area contributed by atoms with Crippen molar-refractivity contribution in [2.45, 2.75) is 40.2 Å². The first kappa shape index (κ1) is 13.3.